The third kappa shape index (κ3) is 3.05. The summed E-state index contributed by atoms with van der Waals surface area (Å²) < 4.78 is 0. The molecule has 1 fully saturated rings. The molecule has 136 valence electrons. The van der Waals surface area contributed by atoms with Crippen molar-refractivity contribution >= 4 is 17.4 Å². The molecule has 3 heterocycles. The Kier molecular flexibility index (Phi) is 4.59. The van der Waals surface area contributed by atoms with Crippen molar-refractivity contribution in [3.8, 4) is 0 Å². The predicted octanol–water partition coefficient (Wildman–Crippen LogP) is 2.34. The zero-order chi connectivity index (χ0) is 18.1. The number of likely N-dealkylation sites (N-methyl/N-ethyl adjacent to an activating group) is 1. The van der Waals surface area contributed by atoms with Gasteiger partial charge in [-0.1, -0.05) is 25.1 Å². The lowest BCUT2D eigenvalue weighted by Crippen LogP contribution is -2.48. The van der Waals surface area contributed by atoms with E-state index >= 15 is 0 Å². The summed E-state index contributed by atoms with van der Waals surface area (Å²) in [7, 11) is 0. The number of fused-ring (bicyclic) bond motifs is 1. The number of carbonyl (C=O) groups is 1. The summed E-state index contributed by atoms with van der Waals surface area (Å²) in [6.45, 7) is 8.74. The van der Waals surface area contributed by atoms with E-state index in [2.05, 4.69) is 52.0 Å². The van der Waals surface area contributed by atoms with Gasteiger partial charge in [0.1, 0.15) is 0 Å². The number of amides is 1. The molecule has 1 aromatic heterocycles. The van der Waals surface area contributed by atoms with Crippen LogP contribution >= 0.6 is 0 Å². The number of piperazine rings is 1. The van der Waals surface area contributed by atoms with Crippen LogP contribution in [0.15, 0.2) is 36.4 Å². The van der Waals surface area contributed by atoms with Gasteiger partial charge in [0, 0.05) is 37.9 Å². The van der Waals surface area contributed by atoms with E-state index in [-0.39, 0.29) is 5.91 Å². The van der Waals surface area contributed by atoms with E-state index in [9.17, 15) is 4.79 Å². The van der Waals surface area contributed by atoms with Crippen molar-refractivity contribution in [2.75, 3.05) is 37.6 Å². The summed E-state index contributed by atoms with van der Waals surface area (Å²) in [4.78, 5) is 19.1. The Hall–Kier alpha value is -2.47. The van der Waals surface area contributed by atoms with Crippen LogP contribution < -0.4 is 4.90 Å². The van der Waals surface area contributed by atoms with E-state index in [1.54, 1.807) is 0 Å². The van der Waals surface area contributed by atoms with Crippen LogP contribution in [0.1, 0.15) is 29.9 Å². The fourth-order valence-electron chi connectivity index (χ4n) is 3.91. The fraction of sp³-hybridized carbons (Fsp3) is 0.450. The van der Waals surface area contributed by atoms with E-state index in [1.165, 1.54) is 11.3 Å². The van der Waals surface area contributed by atoms with Crippen LogP contribution in [0.25, 0.3) is 0 Å². The van der Waals surface area contributed by atoms with Crippen LogP contribution in [-0.2, 0) is 6.42 Å². The Morgan fingerprint density at radius 1 is 1.08 bits per heavy atom. The fourth-order valence-corrected chi connectivity index (χ4v) is 3.91. The van der Waals surface area contributed by atoms with Crippen LogP contribution in [-0.4, -0.2) is 64.7 Å². The van der Waals surface area contributed by atoms with Gasteiger partial charge in [0.15, 0.2) is 11.5 Å². The molecule has 6 nitrogen and oxygen atoms in total. The molecular weight excluding hydrogens is 326 g/mol. The summed E-state index contributed by atoms with van der Waals surface area (Å²) in [6, 6.07) is 12.5. The van der Waals surface area contributed by atoms with Crippen molar-refractivity contribution in [1.29, 1.82) is 0 Å². The highest BCUT2D eigenvalue weighted by Crippen LogP contribution is 2.36. The molecule has 1 amide bonds. The zero-order valence-corrected chi connectivity index (χ0v) is 15.4. The maximum atomic E-state index is 12.7. The molecule has 2 aromatic rings. The van der Waals surface area contributed by atoms with E-state index in [1.807, 2.05) is 23.1 Å². The highest BCUT2D eigenvalue weighted by atomic mass is 16.2. The number of anilines is 2. The molecule has 26 heavy (non-hydrogen) atoms. The first-order chi connectivity index (χ1) is 12.7. The molecular formula is C20H25N5O. The summed E-state index contributed by atoms with van der Waals surface area (Å²) in [5.41, 5.74) is 2.94. The van der Waals surface area contributed by atoms with Crippen LogP contribution in [0.5, 0.6) is 0 Å². The second-order valence-electron chi connectivity index (χ2n) is 7.06. The molecule has 6 heteroatoms. The van der Waals surface area contributed by atoms with Crippen LogP contribution in [0.2, 0.25) is 0 Å². The number of aromatic nitrogens is 2. The van der Waals surface area contributed by atoms with Crippen molar-refractivity contribution in [2.24, 2.45) is 0 Å². The normalized spacial score (nSPS) is 20.3. The number of benzene rings is 1. The quantitative estimate of drug-likeness (QED) is 0.850. The van der Waals surface area contributed by atoms with Gasteiger partial charge in [0.25, 0.3) is 5.91 Å². The van der Waals surface area contributed by atoms with Crippen molar-refractivity contribution in [3.05, 3.63) is 47.7 Å². The van der Waals surface area contributed by atoms with Gasteiger partial charge >= 0.3 is 0 Å². The number of rotatable bonds is 3. The molecule has 1 unspecified atom stereocenters. The van der Waals surface area contributed by atoms with E-state index in [0.29, 0.717) is 11.7 Å². The molecule has 2 aliphatic heterocycles. The van der Waals surface area contributed by atoms with Crippen LogP contribution in [0.4, 0.5) is 11.5 Å². The Bertz CT molecular complexity index is 783. The average Bonchev–Trinajstić information content (AvgIpc) is 3.03. The lowest BCUT2D eigenvalue weighted by atomic mass is 10.1. The van der Waals surface area contributed by atoms with E-state index in [0.717, 1.165) is 45.0 Å². The minimum atomic E-state index is -0.0188. The van der Waals surface area contributed by atoms with Crippen molar-refractivity contribution < 1.29 is 4.79 Å². The van der Waals surface area contributed by atoms with Gasteiger partial charge in [-0.25, -0.2) is 0 Å². The maximum Gasteiger partial charge on any atom is 0.274 e. The third-order valence-electron chi connectivity index (χ3n) is 5.43. The van der Waals surface area contributed by atoms with Gasteiger partial charge in [0.2, 0.25) is 0 Å². The lowest BCUT2D eigenvalue weighted by Gasteiger charge is -2.33. The lowest BCUT2D eigenvalue weighted by molar-refractivity contribution is 0.0636. The third-order valence-corrected chi connectivity index (χ3v) is 5.43. The Balaban J connectivity index is 1.50. The number of carbonyl (C=O) groups excluding carboxylic acids is 1. The average molecular weight is 351 g/mol. The summed E-state index contributed by atoms with van der Waals surface area (Å²) in [6.07, 6.45) is 1.00. The Labute approximate surface area is 154 Å². The molecule has 0 radical (unpaired) electrons. The number of nitrogens with zero attached hydrogens (tertiary/aromatic N) is 5. The maximum absolute atomic E-state index is 12.7. The monoisotopic (exact) mass is 351 g/mol. The minimum absolute atomic E-state index is 0.0188. The molecule has 0 spiro atoms. The number of hydrogen-bond donors (Lipinski definition) is 0. The number of para-hydroxylation sites is 1. The minimum Gasteiger partial charge on any atom is -0.335 e. The predicted molar refractivity (Wildman–Crippen MR) is 102 cm³/mol. The van der Waals surface area contributed by atoms with Crippen LogP contribution in [0, 0.1) is 0 Å². The van der Waals surface area contributed by atoms with E-state index < -0.39 is 0 Å². The van der Waals surface area contributed by atoms with E-state index in [4.69, 9.17) is 0 Å². The smallest absolute Gasteiger partial charge is 0.274 e. The molecule has 0 N–H and O–H groups in total. The Morgan fingerprint density at radius 3 is 2.54 bits per heavy atom. The zero-order valence-electron chi connectivity index (χ0n) is 15.4. The van der Waals surface area contributed by atoms with Gasteiger partial charge in [-0.05, 0) is 43.7 Å². The van der Waals surface area contributed by atoms with Gasteiger partial charge in [0.05, 0.1) is 0 Å². The summed E-state index contributed by atoms with van der Waals surface area (Å²) in [5, 5.41) is 8.62. The van der Waals surface area contributed by atoms with Crippen LogP contribution in [0.3, 0.4) is 0 Å². The van der Waals surface area contributed by atoms with Crippen molar-refractivity contribution in [3.63, 3.8) is 0 Å². The molecule has 0 aliphatic carbocycles. The molecule has 2 aliphatic rings. The second kappa shape index (κ2) is 7.03. The Morgan fingerprint density at radius 2 is 1.85 bits per heavy atom. The largest absolute Gasteiger partial charge is 0.335 e. The van der Waals surface area contributed by atoms with Gasteiger partial charge in [-0.15, -0.1) is 10.2 Å². The second-order valence-corrected chi connectivity index (χ2v) is 7.06. The molecule has 1 saturated heterocycles. The first kappa shape index (κ1) is 17.0. The first-order valence-electron chi connectivity index (χ1n) is 9.40. The van der Waals surface area contributed by atoms with Gasteiger partial charge < -0.3 is 14.7 Å². The molecule has 4 rings (SSSR count). The molecule has 0 bridgehead atoms. The van der Waals surface area contributed by atoms with Crippen molar-refractivity contribution in [1.82, 2.24) is 20.0 Å². The number of hydrogen-bond acceptors (Lipinski definition) is 5. The summed E-state index contributed by atoms with van der Waals surface area (Å²) in [5.74, 6) is 0.782. The molecule has 0 saturated carbocycles. The highest BCUT2D eigenvalue weighted by Gasteiger charge is 2.28. The van der Waals surface area contributed by atoms with Gasteiger partial charge in [-0.2, -0.15) is 0 Å². The standard InChI is InChI=1S/C20H25N5O/c1-3-23-10-12-24(13-11-23)20(26)17-8-9-19(22-21-17)25-15(2)14-16-6-4-5-7-18(16)25/h4-9,15H,3,10-14H2,1-2H3. The topological polar surface area (TPSA) is 52.6 Å². The SMILES string of the molecule is CCN1CCN(C(=O)c2ccc(N3c4ccccc4CC3C)nn2)CC1. The summed E-state index contributed by atoms with van der Waals surface area (Å²) >= 11 is 0. The van der Waals surface area contributed by atoms with Gasteiger partial charge in [-0.3, -0.25) is 4.79 Å². The molecule has 1 aromatic carbocycles. The molecule has 1 atom stereocenters. The highest BCUT2D eigenvalue weighted by molar-refractivity contribution is 5.92. The van der Waals surface area contributed by atoms with Crippen molar-refractivity contribution in [2.45, 2.75) is 26.3 Å². The first-order valence-corrected chi connectivity index (χ1v) is 9.40.